The van der Waals surface area contributed by atoms with Crippen LogP contribution in [-0.4, -0.2) is 13.4 Å². The molecule has 1 aromatic heterocycles. The third-order valence-corrected chi connectivity index (χ3v) is 5.49. The van der Waals surface area contributed by atoms with E-state index in [1.807, 2.05) is 12.1 Å². The zero-order chi connectivity index (χ0) is 19.5. The first kappa shape index (κ1) is 18.9. The highest BCUT2D eigenvalue weighted by Crippen LogP contribution is 2.25. The second-order valence-corrected chi connectivity index (χ2v) is 8.99. The highest BCUT2D eigenvalue weighted by Gasteiger charge is 2.14. The summed E-state index contributed by atoms with van der Waals surface area (Å²) in [5.74, 6) is 0.640. The highest BCUT2D eigenvalue weighted by atomic mass is 32.2. The van der Waals surface area contributed by atoms with Crippen molar-refractivity contribution in [3.05, 3.63) is 78.5 Å². The highest BCUT2D eigenvalue weighted by molar-refractivity contribution is 7.92. The third-order valence-electron chi connectivity index (χ3n) is 4.09. The maximum atomic E-state index is 12.3. The van der Waals surface area contributed by atoms with Gasteiger partial charge in [0.1, 0.15) is 5.82 Å². The Bertz CT molecular complexity index is 992. The molecule has 0 saturated heterocycles. The summed E-state index contributed by atoms with van der Waals surface area (Å²) in [5, 5.41) is 3.22. The molecule has 0 bridgehead atoms. The molecular weight excluding hydrogens is 358 g/mol. The van der Waals surface area contributed by atoms with Gasteiger partial charge in [-0.1, -0.05) is 51.1 Å². The molecule has 3 rings (SSSR count). The molecule has 0 amide bonds. The lowest BCUT2D eigenvalue weighted by molar-refractivity contribution is 0.590. The van der Waals surface area contributed by atoms with Crippen molar-refractivity contribution in [2.24, 2.45) is 0 Å². The second-order valence-electron chi connectivity index (χ2n) is 7.30. The first-order valence-corrected chi connectivity index (χ1v) is 10.1. The van der Waals surface area contributed by atoms with Crippen LogP contribution in [-0.2, 0) is 15.4 Å². The largest absolute Gasteiger partial charge is 0.340 e. The molecule has 0 aliphatic heterocycles. The number of benzene rings is 2. The summed E-state index contributed by atoms with van der Waals surface area (Å²) < 4.78 is 27.2. The molecule has 0 fully saturated rings. The first-order chi connectivity index (χ1) is 12.7. The molecule has 0 spiro atoms. The number of nitrogens with one attached hydrogen (secondary N) is 2. The summed E-state index contributed by atoms with van der Waals surface area (Å²) in [6.45, 7) is 6.52. The van der Waals surface area contributed by atoms with E-state index in [-0.39, 0.29) is 10.3 Å². The van der Waals surface area contributed by atoms with Crippen molar-refractivity contribution in [2.45, 2.75) is 31.1 Å². The van der Waals surface area contributed by atoms with Crippen molar-refractivity contribution in [1.82, 2.24) is 4.98 Å². The Morgan fingerprint density at radius 1 is 0.815 bits per heavy atom. The van der Waals surface area contributed by atoms with E-state index in [2.05, 4.69) is 47.9 Å². The molecule has 140 valence electrons. The van der Waals surface area contributed by atoms with Gasteiger partial charge in [0, 0.05) is 5.69 Å². The van der Waals surface area contributed by atoms with Crippen molar-refractivity contribution in [3.8, 4) is 0 Å². The van der Waals surface area contributed by atoms with Crippen LogP contribution in [0, 0.1) is 0 Å². The van der Waals surface area contributed by atoms with Crippen molar-refractivity contribution in [1.29, 1.82) is 0 Å². The fourth-order valence-corrected chi connectivity index (χ4v) is 3.61. The van der Waals surface area contributed by atoms with Crippen LogP contribution in [0.3, 0.4) is 0 Å². The maximum Gasteiger partial charge on any atom is 0.261 e. The van der Waals surface area contributed by atoms with Crippen molar-refractivity contribution >= 4 is 27.2 Å². The van der Waals surface area contributed by atoms with Gasteiger partial charge < -0.3 is 5.32 Å². The van der Waals surface area contributed by atoms with Gasteiger partial charge in [-0.05, 0) is 47.4 Å². The second kappa shape index (κ2) is 7.40. The quantitative estimate of drug-likeness (QED) is 0.658. The van der Waals surface area contributed by atoms with Crippen LogP contribution in [0.15, 0.2) is 77.8 Å². The first-order valence-electron chi connectivity index (χ1n) is 8.65. The Balaban J connectivity index is 1.69. The predicted molar refractivity (Wildman–Crippen MR) is 110 cm³/mol. The molecule has 0 saturated carbocycles. The van der Waals surface area contributed by atoms with Gasteiger partial charge in [-0.2, -0.15) is 0 Å². The van der Waals surface area contributed by atoms with Gasteiger partial charge in [-0.25, -0.2) is 13.4 Å². The fourth-order valence-electron chi connectivity index (χ4n) is 2.54. The van der Waals surface area contributed by atoms with Gasteiger partial charge in [0.25, 0.3) is 10.0 Å². The van der Waals surface area contributed by atoms with Crippen LogP contribution < -0.4 is 10.0 Å². The van der Waals surface area contributed by atoms with E-state index < -0.39 is 10.0 Å². The molecule has 0 aliphatic rings. The Kier molecular flexibility index (Phi) is 5.19. The lowest BCUT2D eigenvalue weighted by Gasteiger charge is -2.19. The molecule has 2 aromatic carbocycles. The molecule has 0 atom stereocenters. The van der Waals surface area contributed by atoms with Gasteiger partial charge >= 0.3 is 0 Å². The predicted octanol–water partition coefficient (Wildman–Crippen LogP) is 4.92. The smallest absolute Gasteiger partial charge is 0.261 e. The molecule has 3 aromatic rings. The molecule has 0 aliphatic carbocycles. The van der Waals surface area contributed by atoms with E-state index in [4.69, 9.17) is 0 Å². The standard InChI is InChI=1S/C21H23N3O2S/c1-21(2,3)16-9-11-17(12-10-16)23-20-14-13-18(15-22-20)24-27(25,26)19-7-5-4-6-8-19/h4-15,24H,1-3H3,(H,22,23). The molecule has 1 heterocycles. The number of aromatic nitrogens is 1. The molecule has 6 heteroatoms. The third kappa shape index (κ3) is 4.86. The van der Waals surface area contributed by atoms with E-state index in [9.17, 15) is 8.42 Å². The van der Waals surface area contributed by atoms with Crippen LogP contribution in [0.25, 0.3) is 0 Å². The summed E-state index contributed by atoms with van der Waals surface area (Å²) in [4.78, 5) is 4.50. The van der Waals surface area contributed by atoms with E-state index in [0.717, 1.165) is 5.69 Å². The average molecular weight is 382 g/mol. The lowest BCUT2D eigenvalue weighted by atomic mass is 9.87. The van der Waals surface area contributed by atoms with Gasteiger partial charge in [0.15, 0.2) is 0 Å². The molecule has 27 heavy (non-hydrogen) atoms. The molecule has 5 nitrogen and oxygen atoms in total. The van der Waals surface area contributed by atoms with Crippen LogP contribution in [0.1, 0.15) is 26.3 Å². The van der Waals surface area contributed by atoms with Crippen molar-refractivity contribution < 1.29 is 8.42 Å². The van der Waals surface area contributed by atoms with Crippen molar-refractivity contribution in [2.75, 3.05) is 10.0 Å². The average Bonchev–Trinajstić information content (AvgIpc) is 2.64. The van der Waals surface area contributed by atoms with Crippen LogP contribution in [0.5, 0.6) is 0 Å². The molecule has 0 unspecified atom stereocenters. The Hall–Kier alpha value is -2.86. The number of rotatable bonds is 5. The number of hydrogen-bond acceptors (Lipinski definition) is 4. The van der Waals surface area contributed by atoms with Crippen LogP contribution >= 0.6 is 0 Å². The molecular formula is C21H23N3O2S. The zero-order valence-electron chi connectivity index (χ0n) is 15.6. The number of sulfonamides is 1. The van der Waals surface area contributed by atoms with Gasteiger partial charge in [-0.3, -0.25) is 4.72 Å². The zero-order valence-corrected chi connectivity index (χ0v) is 16.4. The fraction of sp³-hybridized carbons (Fsp3) is 0.190. The Morgan fingerprint density at radius 3 is 2.00 bits per heavy atom. The summed E-state index contributed by atoms with van der Waals surface area (Å²) in [5.41, 5.74) is 2.70. The van der Waals surface area contributed by atoms with E-state index in [0.29, 0.717) is 11.5 Å². The van der Waals surface area contributed by atoms with Gasteiger partial charge in [-0.15, -0.1) is 0 Å². The minimum absolute atomic E-state index is 0.105. The van der Waals surface area contributed by atoms with Crippen molar-refractivity contribution in [3.63, 3.8) is 0 Å². The number of hydrogen-bond donors (Lipinski definition) is 2. The molecule has 0 radical (unpaired) electrons. The number of anilines is 3. The minimum atomic E-state index is -3.61. The SMILES string of the molecule is CC(C)(C)c1ccc(Nc2ccc(NS(=O)(=O)c3ccccc3)cn2)cc1. The summed E-state index contributed by atoms with van der Waals surface area (Å²) in [6.07, 6.45) is 1.49. The van der Waals surface area contributed by atoms with Gasteiger partial charge in [0.2, 0.25) is 0 Å². The molecule has 2 N–H and O–H groups in total. The number of pyridine rings is 1. The monoisotopic (exact) mass is 381 g/mol. The lowest BCUT2D eigenvalue weighted by Crippen LogP contribution is -2.13. The normalized spacial score (nSPS) is 11.8. The summed E-state index contributed by atoms with van der Waals surface area (Å²) >= 11 is 0. The minimum Gasteiger partial charge on any atom is -0.340 e. The van der Waals surface area contributed by atoms with Gasteiger partial charge in [0.05, 0.1) is 16.8 Å². The summed E-state index contributed by atoms with van der Waals surface area (Å²) in [6, 6.07) is 19.8. The number of nitrogens with zero attached hydrogens (tertiary/aromatic N) is 1. The van der Waals surface area contributed by atoms with Crippen LogP contribution in [0.2, 0.25) is 0 Å². The van der Waals surface area contributed by atoms with E-state index in [1.165, 1.54) is 11.8 Å². The summed E-state index contributed by atoms with van der Waals surface area (Å²) in [7, 11) is -3.61. The van der Waals surface area contributed by atoms with E-state index in [1.54, 1.807) is 42.5 Å². The topological polar surface area (TPSA) is 71.1 Å². The maximum absolute atomic E-state index is 12.3. The Labute approximate surface area is 160 Å². The Morgan fingerprint density at radius 2 is 1.44 bits per heavy atom. The van der Waals surface area contributed by atoms with Crippen LogP contribution in [0.4, 0.5) is 17.2 Å². The van der Waals surface area contributed by atoms with E-state index >= 15 is 0 Å².